The first-order valence-electron chi connectivity index (χ1n) is 6.80. The molecule has 5 N–H and O–H groups in total. The lowest BCUT2D eigenvalue weighted by Crippen LogP contribution is -2.53. The number of nitrogens with one attached hydrogen (secondary N) is 1. The molecule has 0 bridgehead atoms. The molecule has 1 fully saturated rings. The molecule has 2 amide bonds. The van der Waals surface area contributed by atoms with Crippen LogP contribution in [0.15, 0.2) is 12.4 Å². The normalized spacial score (nSPS) is 26.2. The Morgan fingerprint density at radius 3 is 3.00 bits per heavy atom. The van der Waals surface area contributed by atoms with E-state index in [2.05, 4.69) is 17.3 Å². The lowest BCUT2D eigenvalue weighted by Gasteiger charge is -2.35. The molecule has 0 aromatic carbocycles. The summed E-state index contributed by atoms with van der Waals surface area (Å²) >= 11 is 0. The molecular formula is C13H21N5O2. The van der Waals surface area contributed by atoms with Gasteiger partial charge in [-0.3, -0.25) is 14.3 Å². The summed E-state index contributed by atoms with van der Waals surface area (Å²) in [6.07, 6.45) is 6.51. The monoisotopic (exact) mass is 279 g/mol. The molecule has 1 aliphatic carbocycles. The average Bonchev–Trinajstić information content (AvgIpc) is 2.75. The second kappa shape index (κ2) is 5.62. The van der Waals surface area contributed by atoms with Crippen LogP contribution in [-0.4, -0.2) is 27.1 Å². The predicted octanol–water partition coefficient (Wildman–Crippen LogP) is 0.215. The maximum absolute atomic E-state index is 12.3. The van der Waals surface area contributed by atoms with Gasteiger partial charge in [-0.2, -0.15) is 5.10 Å². The molecule has 1 aromatic rings. The van der Waals surface area contributed by atoms with E-state index in [0.29, 0.717) is 24.4 Å². The van der Waals surface area contributed by atoms with E-state index in [9.17, 15) is 9.59 Å². The van der Waals surface area contributed by atoms with Gasteiger partial charge in [-0.1, -0.05) is 19.8 Å². The first-order chi connectivity index (χ1) is 9.39. The van der Waals surface area contributed by atoms with Crippen LogP contribution in [0, 0.1) is 5.92 Å². The van der Waals surface area contributed by atoms with E-state index in [1.54, 1.807) is 6.20 Å². The van der Waals surface area contributed by atoms with E-state index >= 15 is 0 Å². The Balaban J connectivity index is 2.00. The highest BCUT2D eigenvalue weighted by atomic mass is 16.2. The van der Waals surface area contributed by atoms with Crippen molar-refractivity contribution in [2.45, 2.75) is 44.7 Å². The highest BCUT2D eigenvalue weighted by Gasteiger charge is 2.38. The Labute approximate surface area is 117 Å². The minimum atomic E-state index is -0.816. The molecule has 1 heterocycles. The number of carbonyl (C=O) groups excluding carboxylic acids is 2. The summed E-state index contributed by atoms with van der Waals surface area (Å²) in [6, 6.07) is 0. The van der Waals surface area contributed by atoms with E-state index in [-0.39, 0.29) is 12.5 Å². The Morgan fingerprint density at radius 2 is 2.35 bits per heavy atom. The molecule has 0 radical (unpaired) electrons. The third kappa shape index (κ3) is 3.36. The molecule has 0 saturated heterocycles. The summed E-state index contributed by atoms with van der Waals surface area (Å²) in [5.41, 5.74) is 11.0. The standard InChI is InChI=1S/C13H21N5O2/c1-9-3-2-4-13(15,5-9)12(20)17-10-6-16-18(7-10)8-11(14)19/h6-7,9H,2-5,8,15H2,1H3,(H2,14,19)(H,17,20). The molecule has 0 spiro atoms. The topological polar surface area (TPSA) is 116 Å². The molecule has 1 saturated carbocycles. The molecule has 1 aliphatic rings. The van der Waals surface area contributed by atoms with Gasteiger partial charge in [0.1, 0.15) is 6.54 Å². The van der Waals surface area contributed by atoms with Crippen LogP contribution in [0.5, 0.6) is 0 Å². The van der Waals surface area contributed by atoms with Crippen molar-refractivity contribution in [1.29, 1.82) is 0 Å². The number of aromatic nitrogens is 2. The van der Waals surface area contributed by atoms with E-state index in [0.717, 1.165) is 12.8 Å². The van der Waals surface area contributed by atoms with Gasteiger partial charge in [-0.05, 0) is 18.8 Å². The molecule has 1 aromatic heterocycles. The van der Waals surface area contributed by atoms with E-state index in [4.69, 9.17) is 11.5 Å². The maximum Gasteiger partial charge on any atom is 0.244 e. The number of amides is 2. The van der Waals surface area contributed by atoms with E-state index in [1.165, 1.54) is 10.9 Å². The van der Waals surface area contributed by atoms with E-state index in [1.807, 2.05) is 0 Å². The number of rotatable bonds is 4. The van der Waals surface area contributed by atoms with E-state index < -0.39 is 11.4 Å². The third-order valence-corrected chi connectivity index (χ3v) is 3.69. The number of carbonyl (C=O) groups is 2. The molecule has 7 heteroatoms. The van der Waals surface area contributed by atoms with Gasteiger partial charge in [-0.25, -0.2) is 0 Å². The smallest absolute Gasteiger partial charge is 0.244 e. The van der Waals surface area contributed by atoms with Gasteiger partial charge in [0.05, 0.1) is 17.4 Å². The Kier molecular flexibility index (Phi) is 4.08. The lowest BCUT2D eigenvalue weighted by atomic mass is 9.76. The summed E-state index contributed by atoms with van der Waals surface area (Å²) in [5.74, 6) is -0.220. The van der Waals surface area contributed by atoms with Gasteiger partial charge in [-0.15, -0.1) is 0 Å². The lowest BCUT2D eigenvalue weighted by molar-refractivity contribution is -0.122. The van der Waals surface area contributed by atoms with Gasteiger partial charge in [0.2, 0.25) is 11.8 Å². The van der Waals surface area contributed by atoms with Crippen molar-refractivity contribution >= 4 is 17.5 Å². The molecule has 2 atom stereocenters. The van der Waals surface area contributed by atoms with Crippen molar-refractivity contribution in [2.75, 3.05) is 5.32 Å². The van der Waals surface area contributed by atoms with Crippen molar-refractivity contribution in [3.8, 4) is 0 Å². The first-order valence-corrected chi connectivity index (χ1v) is 6.80. The van der Waals surface area contributed by atoms with Gasteiger partial charge >= 0.3 is 0 Å². The summed E-state index contributed by atoms with van der Waals surface area (Å²) in [5, 5.41) is 6.72. The van der Waals surface area contributed by atoms with Crippen LogP contribution in [0.3, 0.4) is 0 Å². The summed E-state index contributed by atoms with van der Waals surface area (Å²) in [6.45, 7) is 2.10. The van der Waals surface area contributed by atoms with Crippen molar-refractivity contribution in [1.82, 2.24) is 9.78 Å². The van der Waals surface area contributed by atoms with Crippen LogP contribution in [0.1, 0.15) is 32.6 Å². The predicted molar refractivity (Wildman–Crippen MR) is 74.6 cm³/mol. The van der Waals surface area contributed by atoms with Crippen molar-refractivity contribution in [3.63, 3.8) is 0 Å². The average molecular weight is 279 g/mol. The Hall–Kier alpha value is -1.89. The van der Waals surface area contributed by atoms with Crippen LogP contribution in [0.2, 0.25) is 0 Å². The van der Waals surface area contributed by atoms with Crippen LogP contribution in [-0.2, 0) is 16.1 Å². The minimum Gasteiger partial charge on any atom is -0.368 e. The number of nitrogens with two attached hydrogens (primary N) is 2. The van der Waals surface area contributed by atoms with Gasteiger partial charge in [0, 0.05) is 6.20 Å². The number of nitrogens with zero attached hydrogens (tertiary/aromatic N) is 2. The number of anilines is 1. The fourth-order valence-electron chi connectivity index (χ4n) is 2.73. The number of primary amides is 1. The highest BCUT2D eigenvalue weighted by molar-refractivity contribution is 5.97. The van der Waals surface area contributed by atoms with Crippen LogP contribution < -0.4 is 16.8 Å². The van der Waals surface area contributed by atoms with Crippen LogP contribution in [0.4, 0.5) is 5.69 Å². The highest BCUT2D eigenvalue weighted by Crippen LogP contribution is 2.31. The molecule has 2 rings (SSSR count). The van der Waals surface area contributed by atoms with Crippen LogP contribution >= 0.6 is 0 Å². The molecular weight excluding hydrogens is 258 g/mol. The Bertz CT molecular complexity index is 513. The molecule has 110 valence electrons. The zero-order chi connectivity index (χ0) is 14.8. The second-order valence-electron chi connectivity index (χ2n) is 5.70. The number of hydrogen-bond acceptors (Lipinski definition) is 4. The van der Waals surface area contributed by atoms with Crippen LogP contribution in [0.25, 0.3) is 0 Å². The summed E-state index contributed by atoms with van der Waals surface area (Å²) < 4.78 is 1.38. The minimum absolute atomic E-state index is 0.0132. The zero-order valence-corrected chi connectivity index (χ0v) is 11.6. The quantitative estimate of drug-likeness (QED) is 0.730. The fourth-order valence-corrected chi connectivity index (χ4v) is 2.73. The molecule has 20 heavy (non-hydrogen) atoms. The van der Waals surface area contributed by atoms with Crippen molar-refractivity contribution in [3.05, 3.63) is 12.4 Å². The Morgan fingerprint density at radius 1 is 1.60 bits per heavy atom. The third-order valence-electron chi connectivity index (χ3n) is 3.69. The summed E-state index contributed by atoms with van der Waals surface area (Å²) in [7, 11) is 0. The summed E-state index contributed by atoms with van der Waals surface area (Å²) in [4.78, 5) is 23.1. The maximum atomic E-state index is 12.3. The zero-order valence-electron chi connectivity index (χ0n) is 11.6. The van der Waals surface area contributed by atoms with Gasteiger partial charge in [0.15, 0.2) is 0 Å². The molecule has 7 nitrogen and oxygen atoms in total. The molecule has 2 unspecified atom stereocenters. The van der Waals surface area contributed by atoms with Crippen molar-refractivity contribution < 1.29 is 9.59 Å². The number of hydrogen-bond donors (Lipinski definition) is 3. The largest absolute Gasteiger partial charge is 0.368 e. The SMILES string of the molecule is CC1CCCC(N)(C(=O)Nc2cnn(CC(N)=O)c2)C1. The molecule has 0 aliphatic heterocycles. The second-order valence-corrected chi connectivity index (χ2v) is 5.70. The van der Waals surface area contributed by atoms with Crippen molar-refractivity contribution in [2.24, 2.45) is 17.4 Å². The van der Waals surface area contributed by atoms with Gasteiger partial charge in [0.25, 0.3) is 0 Å². The van der Waals surface area contributed by atoms with Gasteiger partial charge < -0.3 is 16.8 Å². The first kappa shape index (κ1) is 14.5. The fraction of sp³-hybridized carbons (Fsp3) is 0.615.